The van der Waals surface area contributed by atoms with E-state index in [9.17, 15) is 4.39 Å². The summed E-state index contributed by atoms with van der Waals surface area (Å²) in [5.74, 6) is 2.13. The van der Waals surface area contributed by atoms with Crippen LogP contribution < -0.4 is 0 Å². The molecule has 0 aliphatic heterocycles. The Morgan fingerprint density at radius 2 is 1.91 bits per heavy atom. The average molecular weight is 348 g/mol. The molecular weight excluding hydrogens is 340 g/mol. The number of rotatable bonds is 2. The van der Waals surface area contributed by atoms with E-state index in [1.165, 1.54) is 23.6 Å². The maximum absolute atomic E-state index is 13.3. The first-order valence-electron chi connectivity index (χ1n) is 6.26. The number of thiophene rings is 1. The molecule has 5 heteroatoms. The van der Waals surface area contributed by atoms with Gasteiger partial charge in [-0.05, 0) is 29.8 Å². The highest BCUT2D eigenvalue weighted by molar-refractivity contribution is 7.16. The fourth-order valence-electron chi connectivity index (χ4n) is 2.10. The van der Waals surface area contributed by atoms with Gasteiger partial charge in [0.05, 0.1) is 4.88 Å². The van der Waals surface area contributed by atoms with Crippen LogP contribution in [0.15, 0.2) is 42.6 Å². The predicted octanol–water partition coefficient (Wildman–Crippen LogP) is 5.90. The summed E-state index contributed by atoms with van der Waals surface area (Å²) >= 11 is 13.6. The molecule has 0 N–H and O–H groups in total. The normalized spacial score (nSPS) is 10.5. The van der Waals surface area contributed by atoms with E-state index >= 15 is 0 Å². The second-order valence-corrected chi connectivity index (χ2v) is 6.39. The fraction of sp³-hybridized carbons (Fsp3) is 0. The second-order valence-electron chi connectivity index (χ2n) is 4.49. The Morgan fingerprint density at radius 3 is 2.59 bits per heavy atom. The van der Waals surface area contributed by atoms with Gasteiger partial charge in [-0.15, -0.1) is 17.8 Å². The molecule has 1 aromatic carbocycles. The van der Waals surface area contributed by atoms with Crippen LogP contribution in [-0.4, -0.2) is 4.98 Å². The van der Waals surface area contributed by atoms with Crippen LogP contribution >= 0.6 is 34.5 Å². The molecule has 1 nitrogen and oxygen atoms in total. The molecule has 108 valence electrons. The lowest BCUT2D eigenvalue weighted by atomic mass is 10.1. The first-order chi connectivity index (χ1) is 10.6. The van der Waals surface area contributed by atoms with Gasteiger partial charge in [-0.2, -0.15) is 4.39 Å². The number of aromatic nitrogens is 1. The molecule has 0 radical (unpaired) electrons. The van der Waals surface area contributed by atoms with Crippen LogP contribution in [0.2, 0.25) is 10.0 Å². The lowest BCUT2D eigenvalue weighted by Gasteiger charge is -2.03. The third kappa shape index (κ3) is 2.86. The van der Waals surface area contributed by atoms with Crippen LogP contribution in [0, 0.1) is 18.3 Å². The van der Waals surface area contributed by atoms with E-state index in [0.717, 1.165) is 26.4 Å². The van der Waals surface area contributed by atoms with Crippen molar-refractivity contribution >= 4 is 34.5 Å². The van der Waals surface area contributed by atoms with Crippen LogP contribution in [0.25, 0.3) is 21.6 Å². The van der Waals surface area contributed by atoms with Gasteiger partial charge < -0.3 is 0 Å². The maximum atomic E-state index is 13.3. The van der Waals surface area contributed by atoms with Gasteiger partial charge in [0.25, 0.3) is 0 Å². The molecule has 0 aliphatic rings. The monoisotopic (exact) mass is 347 g/mol. The summed E-state index contributed by atoms with van der Waals surface area (Å²) in [5, 5.41) is 1.08. The fourth-order valence-corrected chi connectivity index (χ4v) is 3.59. The molecule has 0 saturated heterocycles. The van der Waals surface area contributed by atoms with E-state index in [-0.39, 0.29) is 0 Å². The Balaban J connectivity index is 2.15. The third-order valence-corrected chi connectivity index (χ3v) is 4.76. The number of pyridine rings is 1. The second kappa shape index (κ2) is 6.10. The highest BCUT2D eigenvalue weighted by Gasteiger charge is 2.14. The molecule has 0 unspecified atom stereocenters. The third-order valence-electron chi connectivity index (χ3n) is 3.10. The first kappa shape index (κ1) is 15.1. The summed E-state index contributed by atoms with van der Waals surface area (Å²) in [6.45, 7) is 0. The Morgan fingerprint density at radius 1 is 1.09 bits per heavy atom. The quantitative estimate of drug-likeness (QED) is 0.415. The minimum absolute atomic E-state index is 0.522. The Labute approximate surface area is 141 Å². The molecule has 0 saturated carbocycles. The smallest absolute Gasteiger partial charge is 0.213 e. The molecule has 3 aromatic rings. The summed E-state index contributed by atoms with van der Waals surface area (Å²) in [6, 6.07) is 10.3. The summed E-state index contributed by atoms with van der Waals surface area (Å²) < 4.78 is 13.3. The summed E-state index contributed by atoms with van der Waals surface area (Å²) in [5.41, 5.74) is 2.36. The number of halogens is 3. The van der Waals surface area contributed by atoms with Crippen molar-refractivity contribution in [3.05, 3.63) is 63.5 Å². The first-order valence-corrected chi connectivity index (χ1v) is 7.83. The van der Waals surface area contributed by atoms with Crippen molar-refractivity contribution in [2.24, 2.45) is 0 Å². The van der Waals surface area contributed by atoms with Crippen LogP contribution in [0.3, 0.4) is 0 Å². The van der Waals surface area contributed by atoms with Gasteiger partial charge in [0.1, 0.15) is 0 Å². The van der Waals surface area contributed by atoms with E-state index in [1.54, 1.807) is 18.2 Å². The number of benzene rings is 1. The van der Waals surface area contributed by atoms with Crippen molar-refractivity contribution in [3.63, 3.8) is 0 Å². The van der Waals surface area contributed by atoms with E-state index in [1.807, 2.05) is 12.1 Å². The van der Waals surface area contributed by atoms with Crippen LogP contribution in [0.5, 0.6) is 0 Å². The van der Waals surface area contributed by atoms with E-state index < -0.39 is 5.95 Å². The topological polar surface area (TPSA) is 12.9 Å². The molecule has 2 aromatic heterocycles. The van der Waals surface area contributed by atoms with Crippen LogP contribution in [0.4, 0.5) is 4.39 Å². The van der Waals surface area contributed by atoms with Crippen molar-refractivity contribution in [1.82, 2.24) is 4.98 Å². The molecule has 0 spiro atoms. The van der Waals surface area contributed by atoms with Crippen molar-refractivity contribution in [3.8, 4) is 33.9 Å². The summed E-state index contributed by atoms with van der Waals surface area (Å²) in [4.78, 5) is 5.15. The minimum atomic E-state index is -0.528. The molecule has 0 atom stereocenters. The number of hydrogen-bond acceptors (Lipinski definition) is 2. The number of terminal acetylenes is 1. The Bertz CT molecular complexity index is 896. The summed E-state index contributed by atoms with van der Waals surface area (Å²) in [7, 11) is 0. The molecule has 3 rings (SSSR count). The van der Waals surface area contributed by atoms with E-state index in [0.29, 0.717) is 10.0 Å². The Hall–Kier alpha value is -1.86. The number of nitrogens with zero attached hydrogens (tertiary/aromatic N) is 1. The zero-order valence-corrected chi connectivity index (χ0v) is 13.4. The van der Waals surface area contributed by atoms with Gasteiger partial charge in [0.2, 0.25) is 5.95 Å². The summed E-state index contributed by atoms with van der Waals surface area (Å²) in [6.07, 6.45) is 7.02. The lowest BCUT2D eigenvalue weighted by molar-refractivity contribution is 0.584. The standard InChI is InChI=1S/C17H8Cl2FNS/c1-2-15-13(12-4-3-11(18)8-14(12)19)9-16(22-15)10-5-6-21-17(20)7-10/h1,3-9H. The predicted molar refractivity (Wildman–Crippen MR) is 90.9 cm³/mol. The maximum Gasteiger partial charge on any atom is 0.213 e. The molecule has 0 fully saturated rings. The SMILES string of the molecule is C#Cc1sc(-c2ccnc(F)c2)cc1-c1ccc(Cl)cc1Cl. The van der Waals surface area contributed by atoms with Crippen LogP contribution in [-0.2, 0) is 0 Å². The van der Waals surface area contributed by atoms with E-state index in [2.05, 4.69) is 10.9 Å². The van der Waals surface area contributed by atoms with Crippen molar-refractivity contribution in [1.29, 1.82) is 0 Å². The molecule has 22 heavy (non-hydrogen) atoms. The van der Waals surface area contributed by atoms with E-state index in [4.69, 9.17) is 29.6 Å². The molecule has 0 bridgehead atoms. The largest absolute Gasteiger partial charge is 0.228 e. The van der Waals surface area contributed by atoms with Gasteiger partial charge in [-0.1, -0.05) is 35.2 Å². The van der Waals surface area contributed by atoms with Crippen molar-refractivity contribution in [2.75, 3.05) is 0 Å². The molecule has 0 aliphatic carbocycles. The zero-order chi connectivity index (χ0) is 15.7. The van der Waals surface area contributed by atoms with Crippen molar-refractivity contribution < 1.29 is 4.39 Å². The molecule has 2 heterocycles. The molecular formula is C17H8Cl2FNS. The van der Waals surface area contributed by atoms with Gasteiger partial charge in [0, 0.05) is 38.3 Å². The van der Waals surface area contributed by atoms with Crippen molar-refractivity contribution in [2.45, 2.75) is 0 Å². The van der Waals surface area contributed by atoms with Crippen LogP contribution in [0.1, 0.15) is 4.88 Å². The van der Waals surface area contributed by atoms with Gasteiger partial charge in [-0.25, -0.2) is 4.98 Å². The number of hydrogen-bond donors (Lipinski definition) is 0. The van der Waals surface area contributed by atoms with Gasteiger partial charge in [-0.3, -0.25) is 0 Å². The highest BCUT2D eigenvalue weighted by atomic mass is 35.5. The van der Waals surface area contributed by atoms with Gasteiger partial charge in [0.15, 0.2) is 0 Å². The minimum Gasteiger partial charge on any atom is -0.228 e. The zero-order valence-electron chi connectivity index (χ0n) is 11.1. The average Bonchev–Trinajstić information content (AvgIpc) is 2.91. The lowest BCUT2D eigenvalue weighted by Crippen LogP contribution is -1.81. The molecule has 0 amide bonds. The van der Waals surface area contributed by atoms with Gasteiger partial charge >= 0.3 is 0 Å². The Kier molecular flexibility index (Phi) is 4.17. The highest BCUT2D eigenvalue weighted by Crippen LogP contribution is 2.40.